The number of aryl methyl sites for hydroxylation is 1. The highest BCUT2D eigenvalue weighted by Crippen LogP contribution is 2.29. The smallest absolute Gasteiger partial charge is 0.124 e. The summed E-state index contributed by atoms with van der Waals surface area (Å²) >= 11 is 9.67. The van der Waals surface area contributed by atoms with Crippen molar-refractivity contribution in [3.8, 4) is 0 Å². The van der Waals surface area contributed by atoms with Crippen molar-refractivity contribution in [1.82, 2.24) is 0 Å². The quantitative estimate of drug-likeness (QED) is 0.646. The Morgan fingerprint density at radius 3 is 2.50 bits per heavy atom. The minimum absolute atomic E-state index is 0.290. The maximum Gasteiger partial charge on any atom is 0.124 e. The molecular weight excluding hydrogens is 315 g/mol. The Labute approximate surface area is 120 Å². The van der Waals surface area contributed by atoms with Gasteiger partial charge in [-0.05, 0) is 36.1 Å². The molecule has 0 amide bonds. The molecule has 0 saturated heterocycles. The number of benzene rings is 2. The largest absolute Gasteiger partial charge is 0.207 e. The first-order valence-corrected chi connectivity index (χ1v) is 7.09. The lowest BCUT2D eigenvalue weighted by Crippen LogP contribution is -1.94. The fourth-order valence-electron chi connectivity index (χ4n) is 1.84. The Bertz CT molecular complexity index is 513. The van der Waals surface area contributed by atoms with E-state index in [0.717, 1.165) is 18.4 Å². The van der Waals surface area contributed by atoms with Gasteiger partial charge >= 0.3 is 0 Å². The number of alkyl halides is 1. The minimum Gasteiger partial charge on any atom is -0.207 e. The van der Waals surface area contributed by atoms with Gasteiger partial charge < -0.3 is 0 Å². The number of halogens is 3. The zero-order chi connectivity index (χ0) is 13.0. The van der Waals surface area contributed by atoms with Crippen LogP contribution in [0.15, 0.2) is 48.5 Å². The van der Waals surface area contributed by atoms with E-state index < -0.39 is 0 Å². The van der Waals surface area contributed by atoms with E-state index in [9.17, 15) is 4.39 Å². The van der Waals surface area contributed by atoms with E-state index in [2.05, 4.69) is 28.1 Å². The van der Waals surface area contributed by atoms with Crippen molar-refractivity contribution < 1.29 is 4.39 Å². The highest BCUT2D eigenvalue weighted by Gasteiger charge is 2.09. The van der Waals surface area contributed by atoms with Crippen LogP contribution in [0.2, 0.25) is 5.02 Å². The van der Waals surface area contributed by atoms with Gasteiger partial charge in [0.2, 0.25) is 0 Å². The lowest BCUT2D eigenvalue weighted by Gasteiger charge is -2.10. The molecule has 1 unspecified atom stereocenters. The van der Waals surface area contributed by atoms with Crippen LogP contribution in [0, 0.1) is 5.82 Å². The molecule has 0 radical (unpaired) electrons. The monoisotopic (exact) mass is 326 g/mol. The highest BCUT2D eigenvalue weighted by molar-refractivity contribution is 9.09. The van der Waals surface area contributed by atoms with Crippen molar-refractivity contribution in [3.63, 3.8) is 0 Å². The van der Waals surface area contributed by atoms with Crippen molar-refractivity contribution in [2.24, 2.45) is 0 Å². The summed E-state index contributed by atoms with van der Waals surface area (Å²) in [5.74, 6) is -0.290. The third-order valence-electron chi connectivity index (χ3n) is 2.84. The van der Waals surface area contributed by atoms with Crippen LogP contribution in [-0.2, 0) is 6.42 Å². The summed E-state index contributed by atoms with van der Waals surface area (Å²) in [7, 11) is 0. The van der Waals surface area contributed by atoms with E-state index in [1.807, 2.05) is 18.2 Å². The maximum atomic E-state index is 12.9. The predicted octanol–water partition coefficient (Wildman–Crippen LogP) is 5.55. The average Bonchev–Trinajstić information content (AvgIpc) is 2.38. The first kappa shape index (κ1) is 13.6. The number of rotatable bonds is 4. The third-order valence-corrected chi connectivity index (χ3v) is 4.18. The van der Waals surface area contributed by atoms with Gasteiger partial charge in [0, 0.05) is 9.85 Å². The molecule has 2 aromatic rings. The van der Waals surface area contributed by atoms with Crippen molar-refractivity contribution in [2.75, 3.05) is 0 Å². The molecule has 0 aliphatic heterocycles. The normalized spacial score (nSPS) is 12.4. The van der Waals surface area contributed by atoms with Crippen LogP contribution < -0.4 is 0 Å². The van der Waals surface area contributed by atoms with Gasteiger partial charge in [-0.25, -0.2) is 4.39 Å². The Morgan fingerprint density at radius 2 is 1.83 bits per heavy atom. The number of hydrogen-bond acceptors (Lipinski definition) is 0. The Balaban J connectivity index is 1.99. The van der Waals surface area contributed by atoms with Crippen molar-refractivity contribution in [3.05, 3.63) is 70.5 Å². The summed E-state index contributed by atoms with van der Waals surface area (Å²) in [5, 5.41) is 0.503. The van der Waals surface area contributed by atoms with E-state index in [-0.39, 0.29) is 5.82 Å². The fraction of sp³-hybridized carbons (Fsp3) is 0.200. The Morgan fingerprint density at radius 1 is 1.11 bits per heavy atom. The molecule has 0 fully saturated rings. The van der Waals surface area contributed by atoms with Gasteiger partial charge in [0.15, 0.2) is 0 Å². The van der Waals surface area contributed by atoms with Crippen LogP contribution in [-0.4, -0.2) is 0 Å². The maximum absolute atomic E-state index is 12.9. The van der Waals surface area contributed by atoms with Crippen molar-refractivity contribution in [1.29, 1.82) is 0 Å². The molecule has 3 heteroatoms. The van der Waals surface area contributed by atoms with E-state index in [0.29, 0.717) is 9.85 Å². The molecular formula is C15H13BrClF. The zero-order valence-electron chi connectivity index (χ0n) is 9.74. The van der Waals surface area contributed by atoms with E-state index in [4.69, 9.17) is 11.6 Å². The predicted molar refractivity (Wildman–Crippen MR) is 77.8 cm³/mol. The second kappa shape index (κ2) is 6.35. The molecule has 18 heavy (non-hydrogen) atoms. The fourth-order valence-corrected chi connectivity index (χ4v) is 2.63. The van der Waals surface area contributed by atoms with Gasteiger partial charge in [-0.1, -0.05) is 63.9 Å². The average molecular weight is 328 g/mol. The molecule has 0 N–H and O–H groups in total. The summed E-state index contributed by atoms with van der Waals surface area (Å²) in [6.07, 6.45) is 1.75. The van der Waals surface area contributed by atoms with Crippen LogP contribution in [0.1, 0.15) is 22.4 Å². The van der Waals surface area contributed by atoms with E-state index in [1.165, 1.54) is 17.7 Å². The van der Waals surface area contributed by atoms with Gasteiger partial charge in [-0.3, -0.25) is 0 Å². The summed E-state index contributed by atoms with van der Waals surface area (Å²) in [6.45, 7) is 0. The molecule has 0 heterocycles. The summed E-state index contributed by atoms with van der Waals surface area (Å²) in [4.78, 5) is 0.291. The van der Waals surface area contributed by atoms with E-state index in [1.54, 1.807) is 6.07 Å². The van der Waals surface area contributed by atoms with E-state index >= 15 is 0 Å². The lowest BCUT2D eigenvalue weighted by molar-refractivity contribution is 0.626. The molecule has 0 bridgehead atoms. The topological polar surface area (TPSA) is 0 Å². The van der Waals surface area contributed by atoms with Crippen LogP contribution in [0.3, 0.4) is 0 Å². The summed E-state index contributed by atoms with van der Waals surface area (Å²) < 4.78 is 12.9. The lowest BCUT2D eigenvalue weighted by atomic mass is 10.0. The van der Waals surface area contributed by atoms with Crippen LogP contribution >= 0.6 is 27.5 Å². The molecule has 0 spiro atoms. The molecule has 0 aliphatic carbocycles. The molecule has 2 aromatic carbocycles. The Hall–Kier alpha value is -0.860. The molecule has 0 saturated carbocycles. The first-order valence-electron chi connectivity index (χ1n) is 5.80. The third kappa shape index (κ3) is 3.56. The summed E-state index contributed by atoms with van der Waals surface area (Å²) in [5.41, 5.74) is 2.23. The molecule has 2 rings (SSSR count). The highest BCUT2D eigenvalue weighted by atomic mass is 79.9. The van der Waals surface area contributed by atoms with Crippen LogP contribution in [0.4, 0.5) is 4.39 Å². The Kier molecular flexibility index (Phi) is 4.79. The zero-order valence-corrected chi connectivity index (χ0v) is 12.1. The molecule has 0 aliphatic rings. The second-order valence-electron chi connectivity index (χ2n) is 4.15. The first-order chi connectivity index (χ1) is 8.66. The summed E-state index contributed by atoms with van der Waals surface area (Å²) in [6, 6.07) is 14.8. The number of hydrogen-bond donors (Lipinski definition) is 0. The van der Waals surface area contributed by atoms with Crippen molar-refractivity contribution >= 4 is 27.5 Å². The van der Waals surface area contributed by atoms with Gasteiger partial charge in [-0.15, -0.1) is 0 Å². The van der Waals surface area contributed by atoms with Gasteiger partial charge in [0.05, 0.1) is 0 Å². The molecule has 94 valence electrons. The molecule has 0 aromatic heterocycles. The van der Waals surface area contributed by atoms with Crippen LogP contribution in [0.25, 0.3) is 0 Å². The SMILES string of the molecule is Fc1ccc(CCC(Br)c2ccccc2)c(Cl)c1. The second-order valence-corrected chi connectivity index (χ2v) is 5.67. The minimum atomic E-state index is -0.290. The van der Waals surface area contributed by atoms with Crippen LogP contribution in [0.5, 0.6) is 0 Å². The van der Waals surface area contributed by atoms with Gasteiger partial charge in [0.25, 0.3) is 0 Å². The standard InChI is InChI=1S/C15H13BrClF/c16-14(11-4-2-1-3-5-11)9-7-12-6-8-13(18)10-15(12)17/h1-6,8,10,14H,7,9H2. The molecule has 0 nitrogen and oxygen atoms in total. The van der Waals surface area contributed by atoms with Crippen molar-refractivity contribution in [2.45, 2.75) is 17.7 Å². The van der Waals surface area contributed by atoms with Gasteiger partial charge in [0.1, 0.15) is 5.82 Å². The van der Waals surface area contributed by atoms with Gasteiger partial charge in [-0.2, -0.15) is 0 Å². The molecule has 1 atom stereocenters.